The zero-order chi connectivity index (χ0) is 19.2. The van der Waals surface area contributed by atoms with E-state index in [-0.39, 0.29) is 11.7 Å². The highest BCUT2D eigenvalue weighted by atomic mass is 16.5. The number of nitrogens with zero attached hydrogens (tertiary/aromatic N) is 2. The average molecular weight is 369 g/mol. The summed E-state index contributed by atoms with van der Waals surface area (Å²) in [5.74, 6) is 0.477. The van der Waals surface area contributed by atoms with Crippen molar-refractivity contribution in [1.82, 2.24) is 19.9 Å². The highest BCUT2D eigenvalue weighted by Gasteiger charge is 2.17. The summed E-state index contributed by atoms with van der Waals surface area (Å²) in [5.41, 5.74) is 2.42. The first-order chi connectivity index (χ1) is 13.1. The largest absolute Gasteiger partial charge is 0.494 e. The third-order valence-electron chi connectivity index (χ3n) is 4.27. The standard InChI is InChI=1S/C19H23N5O3/c1-3-4-9-24(12-13-5-7-20-8-6-13)19(26)23-16-10-14-15(11-17(16)27-2)22-18(25)21-14/h5-8,10-11H,3-4,9,12H2,1-2H3,(H,23,26)(H2,21,22,25). The second kappa shape index (κ2) is 8.39. The second-order valence-corrected chi connectivity index (χ2v) is 6.24. The van der Waals surface area contributed by atoms with Gasteiger partial charge in [-0.1, -0.05) is 13.3 Å². The van der Waals surface area contributed by atoms with Gasteiger partial charge < -0.3 is 24.9 Å². The number of aromatic nitrogens is 3. The van der Waals surface area contributed by atoms with Gasteiger partial charge in [0.2, 0.25) is 0 Å². The van der Waals surface area contributed by atoms with Crippen LogP contribution in [-0.2, 0) is 6.54 Å². The van der Waals surface area contributed by atoms with E-state index >= 15 is 0 Å². The highest BCUT2D eigenvalue weighted by Crippen LogP contribution is 2.28. The Morgan fingerprint density at radius 1 is 1.22 bits per heavy atom. The zero-order valence-electron chi connectivity index (χ0n) is 15.4. The number of methoxy groups -OCH3 is 1. The van der Waals surface area contributed by atoms with Crippen LogP contribution in [0.3, 0.4) is 0 Å². The van der Waals surface area contributed by atoms with Gasteiger partial charge in [0.15, 0.2) is 0 Å². The van der Waals surface area contributed by atoms with Crippen molar-refractivity contribution in [3.63, 3.8) is 0 Å². The minimum absolute atomic E-state index is 0.226. The molecule has 8 nitrogen and oxygen atoms in total. The number of carbonyl (C=O) groups is 1. The van der Waals surface area contributed by atoms with Crippen LogP contribution in [-0.4, -0.2) is 39.5 Å². The maximum absolute atomic E-state index is 12.9. The Morgan fingerprint density at radius 2 is 1.93 bits per heavy atom. The fraction of sp³-hybridized carbons (Fsp3) is 0.316. The van der Waals surface area contributed by atoms with Crippen LogP contribution >= 0.6 is 0 Å². The van der Waals surface area contributed by atoms with Gasteiger partial charge in [-0.3, -0.25) is 4.98 Å². The Hall–Kier alpha value is -3.29. The minimum atomic E-state index is -0.308. The van der Waals surface area contributed by atoms with Crippen LogP contribution in [0, 0.1) is 0 Å². The van der Waals surface area contributed by atoms with E-state index in [4.69, 9.17) is 4.74 Å². The molecule has 1 aromatic carbocycles. The molecular weight excluding hydrogens is 346 g/mol. The van der Waals surface area contributed by atoms with Crippen LogP contribution in [0.25, 0.3) is 11.0 Å². The van der Waals surface area contributed by atoms with E-state index in [0.29, 0.717) is 35.6 Å². The first-order valence-corrected chi connectivity index (χ1v) is 8.85. The van der Waals surface area contributed by atoms with Crippen LogP contribution in [0.2, 0.25) is 0 Å². The van der Waals surface area contributed by atoms with E-state index in [2.05, 4.69) is 27.2 Å². The number of carbonyl (C=O) groups excluding carboxylic acids is 1. The number of hydrogen-bond acceptors (Lipinski definition) is 4. The van der Waals surface area contributed by atoms with Crippen molar-refractivity contribution in [2.75, 3.05) is 19.0 Å². The van der Waals surface area contributed by atoms with E-state index in [9.17, 15) is 9.59 Å². The molecule has 0 spiro atoms. The predicted octanol–water partition coefficient (Wildman–Crippen LogP) is 3.09. The van der Waals surface area contributed by atoms with E-state index in [1.54, 1.807) is 29.4 Å². The molecule has 0 saturated carbocycles. The summed E-state index contributed by atoms with van der Waals surface area (Å²) in [6.45, 7) is 3.21. The van der Waals surface area contributed by atoms with Crippen molar-refractivity contribution in [3.8, 4) is 5.75 Å². The summed E-state index contributed by atoms with van der Waals surface area (Å²) in [6, 6.07) is 6.93. The Balaban J connectivity index is 1.83. The van der Waals surface area contributed by atoms with Crippen molar-refractivity contribution >= 4 is 22.8 Å². The number of benzene rings is 1. The molecule has 2 heterocycles. The molecule has 27 heavy (non-hydrogen) atoms. The fourth-order valence-corrected chi connectivity index (χ4v) is 2.83. The summed E-state index contributed by atoms with van der Waals surface area (Å²) in [4.78, 5) is 35.5. The number of unbranched alkanes of at least 4 members (excludes halogenated alkanes) is 1. The second-order valence-electron chi connectivity index (χ2n) is 6.24. The number of ether oxygens (including phenoxy) is 1. The van der Waals surface area contributed by atoms with Crippen molar-refractivity contribution in [1.29, 1.82) is 0 Å². The lowest BCUT2D eigenvalue weighted by atomic mass is 10.2. The fourth-order valence-electron chi connectivity index (χ4n) is 2.83. The SMILES string of the molecule is CCCCN(Cc1ccncc1)C(=O)Nc1cc2[nH]c(=O)[nH]c2cc1OC. The van der Waals surface area contributed by atoms with Crippen LogP contribution < -0.4 is 15.7 Å². The summed E-state index contributed by atoms with van der Waals surface area (Å²) >= 11 is 0. The molecule has 3 N–H and O–H groups in total. The number of aromatic amines is 2. The van der Waals surface area contributed by atoms with Gasteiger partial charge in [-0.25, -0.2) is 9.59 Å². The molecule has 8 heteroatoms. The van der Waals surface area contributed by atoms with Gasteiger partial charge in [-0.05, 0) is 30.2 Å². The third-order valence-corrected chi connectivity index (χ3v) is 4.27. The van der Waals surface area contributed by atoms with E-state index < -0.39 is 0 Å². The number of hydrogen-bond donors (Lipinski definition) is 3. The van der Waals surface area contributed by atoms with Crippen molar-refractivity contribution in [2.24, 2.45) is 0 Å². The first-order valence-electron chi connectivity index (χ1n) is 8.85. The van der Waals surface area contributed by atoms with Gasteiger partial charge in [0.25, 0.3) is 0 Å². The van der Waals surface area contributed by atoms with Crippen molar-refractivity contribution in [2.45, 2.75) is 26.3 Å². The number of pyridine rings is 1. The van der Waals surface area contributed by atoms with Crippen LogP contribution in [0.4, 0.5) is 10.5 Å². The van der Waals surface area contributed by atoms with E-state index in [1.165, 1.54) is 7.11 Å². The number of anilines is 1. The molecule has 3 aromatic rings. The lowest BCUT2D eigenvalue weighted by molar-refractivity contribution is 0.208. The number of amides is 2. The van der Waals surface area contributed by atoms with Gasteiger partial charge in [0.1, 0.15) is 5.75 Å². The maximum Gasteiger partial charge on any atom is 0.323 e. The first kappa shape index (κ1) is 18.5. The Labute approximate surface area is 156 Å². The molecule has 142 valence electrons. The molecule has 2 aromatic heterocycles. The van der Waals surface area contributed by atoms with Crippen LogP contribution in [0.5, 0.6) is 5.75 Å². The number of fused-ring (bicyclic) bond motifs is 1. The highest BCUT2D eigenvalue weighted by molar-refractivity contribution is 5.94. The van der Waals surface area contributed by atoms with Gasteiger partial charge in [0, 0.05) is 31.5 Å². The molecule has 0 aliphatic rings. The number of imidazole rings is 1. The normalized spacial score (nSPS) is 10.7. The van der Waals surface area contributed by atoms with Crippen LogP contribution in [0.1, 0.15) is 25.3 Å². The monoisotopic (exact) mass is 369 g/mol. The molecule has 0 atom stereocenters. The third kappa shape index (κ3) is 4.46. The zero-order valence-corrected chi connectivity index (χ0v) is 15.4. The number of H-pyrrole nitrogens is 2. The predicted molar refractivity (Wildman–Crippen MR) is 104 cm³/mol. The van der Waals surface area contributed by atoms with Gasteiger partial charge >= 0.3 is 11.7 Å². The topological polar surface area (TPSA) is 103 Å². The van der Waals surface area contributed by atoms with Crippen LogP contribution in [0.15, 0.2) is 41.5 Å². The Kier molecular flexibility index (Phi) is 5.75. The molecule has 0 fully saturated rings. The van der Waals surface area contributed by atoms with E-state index in [1.807, 2.05) is 12.1 Å². The lowest BCUT2D eigenvalue weighted by Crippen LogP contribution is -2.35. The quantitative estimate of drug-likeness (QED) is 0.595. The van der Waals surface area contributed by atoms with Gasteiger partial charge in [-0.15, -0.1) is 0 Å². The number of rotatable bonds is 7. The molecule has 3 rings (SSSR count). The Bertz CT molecular complexity index is 964. The maximum atomic E-state index is 12.9. The average Bonchev–Trinajstić information content (AvgIpc) is 3.04. The molecule has 0 saturated heterocycles. The number of urea groups is 1. The summed E-state index contributed by atoms with van der Waals surface area (Å²) < 4.78 is 5.37. The van der Waals surface area contributed by atoms with Gasteiger partial charge in [0.05, 0.1) is 23.8 Å². The molecule has 0 radical (unpaired) electrons. The molecule has 2 amide bonds. The number of nitrogens with one attached hydrogen (secondary N) is 3. The Morgan fingerprint density at radius 3 is 2.59 bits per heavy atom. The van der Waals surface area contributed by atoms with E-state index in [0.717, 1.165) is 18.4 Å². The molecule has 0 aliphatic heterocycles. The summed E-state index contributed by atoms with van der Waals surface area (Å²) in [6.07, 6.45) is 5.31. The van der Waals surface area contributed by atoms with Gasteiger partial charge in [-0.2, -0.15) is 0 Å². The van der Waals surface area contributed by atoms with Crippen molar-refractivity contribution in [3.05, 3.63) is 52.7 Å². The minimum Gasteiger partial charge on any atom is -0.494 e. The molecular formula is C19H23N5O3. The van der Waals surface area contributed by atoms with Crippen molar-refractivity contribution < 1.29 is 9.53 Å². The summed E-state index contributed by atoms with van der Waals surface area (Å²) in [7, 11) is 1.52. The molecule has 0 unspecified atom stereocenters. The summed E-state index contributed by atoms with van der Waals surface area (Å²) in [5, 5.41) is 2.90. The molecule has 0 bridgehead atoms. The lowest BCUT2D eigenvalue weighted by Gasteiger charge is -2.23. The molecule has 0 aliphatic carbocycles. The smallest absolute Gasteiger partial charge is 0.323 e.